The second-order valence-corrected chi connectivity index (χ2v) is 10.9. The Bertz CT molecular complexity index is 1040. The maximum Gasteiger partial charge on any atom is 0.328 e. The summed E-state index contributed by atoms with van der Waals surface area (Å²) in [6.07, 6.45) is 2.23. The summed E-state index contributed by atoms with van der Waals surface area (Å²) in [5, 5.41) is 15.6. The van der Waals surface area contributed by atoms with Crippen LogP contribution in [0.2, 0.25) is 0 Å². The van der Waals surface area contributed by atoms with Gasteiger partial charge in [-0.2, -0.15) is 0 Å². The van der Waals surface area contributed by atoms with Crippen molar-refractivity contribution in [3.63, 3.8) is 0 Å². The summed E-state index contributed by atoms with van der Waals surface area (Å²) < 4.78 is 0. The number of likely N-dealkylation sites (N-methyl/N-ethyl adjacent to an activating group) is 1. The number of piperazine rings is 1. The fraction of sp³-hybridized carbons (Fsp3) is 0.407. The minimum atomic E-state index is -1.26. The second-order valence-electron chi connectivity index (χ2n) is 9.78. The van der Waals surface area contributed by atoms with Gasteiger partial charge in [-0.3, -0.25) is 4.90 Å². The molecule has 0 bridgehead atoms. The van der Waals surface area contributed by atoms with E-state index in [0.717, 1.165) is 19.5 Å². The van der Waals surface area contributed by atoms with Crippen LogP contribution in [-0.4, -0.2) is 65.2 Å². The lowest BCUT2D eigenvalue weighted by Gasteiger charge is -2.38. The van der Waals surface area contributed by atoms with Crippen LogP contribution in [0.25, 0.3) is 0 Å². The Morgan fingerprint density at radius 2 is 1.56 bits per heavy atom. The third-order valence-corrected chi connectivity index (χ3v) is 7.40. The van der Waals surface area contributed by atoms with E-state index in [2.05, 4.69) is 80.1 Å². The SMILES string of the molecule is CN1CCN(C2Cc3ccccc3Sc3ccc(C(C)(C)C)cc32)CC1.O=C(O)/C=C\C(=O)O. The molecule has 2 aliphatic rings. The van der Waals surface area contributed by atoms with E-state index in [1.165, 1.54) is 39.6 Å². The van der Waals surface area contributed by atoms with Gasteiger partial charge in [0.2, 0.25) is 0 Å². The average molecular weight is 483 g/mol. The van der Waals surface area contributed by atoms with Crippen LogP contribution in [0.4, 0.5) is 0 Å². The molecule has 2 aliphatic heterocycles. The molecule has 1 atom stereocenters. The second kappa shape index (κ2) is 11.2. The van der Waals surface area contributed by atoms with E-state index in [9.17, 15) is 9.59 Å². The number of rotatable bonds is 3. The molecule has 0 radical (unpaired) electrons. The molecule has 0 amide bonds. The van der Waals surface area contributed by atoms with Gasteiger partial charge in [-0.1, -0.05) is 62.9 Å². The Hall–Kier alpha value is -2.61. The topological polar surface area (TPSA) is 81.1 Å². The van der Waals surface area contributed by atoms with Crippen LogP contribution in [0.5, 0.6) is 0 Å². The number of carboxylic acid groups (broad SMARTS) is 2. The van der Waals surface area contributed by atoms with Gasteiger partial charge in [-0.25, -0.2) is 9.59 Å². The smallest absolute Gasteiger partial charge is 0.328 e. The summed E-state index contributed by atoms with van der Waals surface area (Å²) in [7, 11) is 2.24. The molecule has 0 aromatic heterocycles. The first-order valence-corrected chi connectivity index (χ1v) is 12.3. The van der Waals surface area contributed by atoms with Crippen LogP contribution in [0.3, 0.4) is 0 Å². The van der Waals surface area contributed by atoms with E-state index >= 15 is 0 Å². The van der Waals surface area contributed by atoms with Gasteiger partial charge < -0.3 is 15.1 Å². The molecular formula is C27H34N2O4S. The van der Waals surface area contributed by atoms with Crippen molar-refractivity contribution in [1.82, 2.24) is 9.80 Å². The molecule has 34 heavy (non-hydrogen) atoms. The lowest BCUT2D eigenvalue weighted by Crippen LogP contribution is -2.46. The third kappa shape index (κ3) is 6.95. The van der Waals surface area contributed by atoms with Gasteiger partial charge >= 0.3 is 11.9 Å². The minimum absolute atomic E-state index is 0.186. The number of nitrogens with zero attached hydrogens (tertiary/aromatic N) is 2. The number of carboxylic acids is 2. The molecule has 2 heterocycles. The zero-order valence-corrected chi connectivity index (χ0v) is 21.1. The van der Waals surface area contributed by atoms with E-state index in [1.807, 2.05) is 11.8 Å². The molecule has 0 spiro atoms. The molecule has 2 aromatic carbocycles. The van der Waals surface area contributed by atoms with Crippen LogP contribution in [0.15, 0.2) is 64.4 Å². The first-order chi connectivity index (χ1) is 16.0. The monoisotopic (exact) mass is 482 g/mol. The molecule has 1 unspecified atom stereocenters. The van der Waals surface area contributed by atoms with Crippen molar-refractivity contribution in [2.45, 2.75) is 48.4 Å². The molecule has 6 nitrogen and oxygen atoms in total. The van der Waals surface area contributed by atoms with Crippen molar-refractivity contribution in [1.29, 1.82) is 0 Å². The van der Waals surface area contributed by atoms with Crippen LogP contribution in [-0.2, 0) is 21.4 Å². The average Bonchev–Trinajstić information content (AvgIpc) is 2.94. The first kappa shape index (κ1) is 26.0. The predicted molar refractivity (Wildman–Crippen MR) is 136 cm³/mol. The lowest BCUT2D eigenvalue weighted by atomic mass is 9.84. The predicted octanol–water partition coefficient (Wildman–Crippen LogP) is 4.69. The van der Waals surface area contributed by atoms with E-state index in [-0.39, 0.29) is 5.41 Å². The van der Waals surface area contributed by atoms with Crippen LogP contribution < -0.4 is 0 Å². The van der Waals surface area contributed by atoms with Gasteiger partial charge in [0.1, 0.15) is 0 Å². The van der Waals surface area contributed by atoms with Gasteiger partial charge in [0, 0.05) is 54.2 Å². The van der Waals surface area contributed by atoms with E-state index in [1.54, 1.807) is 0 Å². The minimum Gasteiger partial charge on any atom is -0.478 e. The van der Waals surface area contributed by atoms with Crippen LogP contribution >= 0.6 is 11.8 Å². The van der Waals surface area contributed by atoms with Crippen molar-refractivity contribution in [2.24, 2.45) is 0 Å². The van der Waals surface area contributed by atoms with E-state index in [0.29, 0.717) is 18.2 Å². The van der Waals surface area contributed by atoms with Gasteiger partial charge in [-0.15, -0.1) is 0 Å². The van der Waals surface area contributed by atoms with Crippen molar-refractivity contribution >= 4 is 23.7 Å². The molecule has 4 rings (SSSR count). The number of aliphatic carboxylic acids is 2. The molecule has 182 valence electrons. The number of hydrogen-bond acceptors (Lipinski definition) is 5. The molecule has 1 saturated heterocycles. The van der Waals surface area contributed by atoms with Crippen LogP contribution in [0, 0.1) is 0 Å². The van der Waals surface area contributed by atoms with Crippen molar-refractivity contribution in [2.75, 3.05) is 33.2 Å². The highest BCUT2D eigenvalue weighted by Gasteiger charge is 2.30. The Morgan fingerprint density at radius 1 is 0.941 bits per heavy atom. The third-order valence-electron chi connectivity index (χ3n) is 6.19. The maximum absolute atomic E-state index is 9.55. The summed E-state index contributed by atoms with van der Waals surface area (Å²) in [5.41, 5.74) is 4.66. The summed E-state index contributed by atoms with van der Waals surface area (Å²) in [6, 6.07) is 16.7. The molecule has 2 aromatic rings. The number of benzene rings is 2. The lowest BCUT2D eigenvalue weighted by molar-refractivity contribution is -0.134. The highest BCUT2D eigenvalue weighted by Crippen LogP contribution is 2.44. The summed E-state index contributed by atoms with van der Waals surface area (Å²) in [6.45, 7) is 11.6. The molecule has 1 fully saturated rings. The number of hydrogen-bond donors (Lipinski definition) is 2. The molecule has 2 N–H and O–H groups in total. The Labute approximate surface area is 206 Å². The maximum atomic E-state index is 9.55. The molecule has 7 heteroatoms. The molecule has 0 aliphatic carbocycles. The van der Waals surface area contributed by atoms with E-state index in [4.69, 9.17) is 10.2 Å². The Kier molecular flexibility index (Phi) is 8.57. The van der Waals surface area contributed by atoms with Gasteiger partial charge in [-0.05, 0) is 47.7 Å². The van der Waals surface area contributed by atoms with Gasteiger partial charge in [0.05, 0.1) is 0 Å². The zero-order chi connectivity index (χ0) is 24.9. The first-order valence-electron chi connectivity index (χ1n) is 11.5. The quantitative estimate of drug-likeness (QED) is 0.614. The summed E-state index contributed by atoms with van der Waals surface area (Å²) in [5.74, 6) is -2.51. The molecular weight excluding hydrogens is 448 g/mol. The van der Waals surface area contributed by atoms with E-state index < -0.39 is 11.9 Å². The summed E-state index contributed by atoms with van der Waals surface area (Å²) in [4.78, 5) is 27.1. The van der Waals surface area contributed by atoms with Crippen molar-refractivity contribution < 1.29 is 19.8 Å². The fourth-order valence-corrected chi connectivity index (χ4v) is 5.29. The highest BCUT2D eigenvalue weighted by molar-refractivity contribution is 7.99. The highest BCUT2D eigenvalue weighted by atomic mass is 32.2. The largest absolute Gasteiger partial charge is 0.478 e. The van der Waals surface area contributed by atoms with Crippen LogP contribution in [0.1, 0.15) is 43.5 Å². The summed E-state index contributed by atoms with van der Waals surface area (Å²) >= 11 is 1.95. The zero-order valence-electron chi connectivity index (χ0n) is 20.3. The fourth-order valence-electron chi connectivity index (χ4n) is 4.18. The standard InChI is InChI=1S/C23H30N2S.C4H4O4/c1-23(2,3)18-9-10-22-19(16-18)20(25-13-11-24(4)12-14-25)15-17-7-5-6-8-21(17)26-22;5-3(6)1-2-4(7)8/h5-10,16,20H,11-15H2,1-4H3;1-2H,(H,5,6)(H,7,8)/b;2-1-. The van der Waals surface area contributed by atoms with Gasteiger partial charge in [0.15, 0.2) is 0 Å². The Morgan fingerprint density at radius 3 is 2.15 bits per heavy atom. The number of fused-ring (bicyclic) bond motifs is 2. The number of carbonyl (C=O) groups is 2. The van der Waals surface area contributed by atoms with Crippen molar-refractivity contribution in [3.05, 3.63) is 71.3 Å². The Balaban J connectivity index is 0.000000350. The van der Waals surface area contributed by atoms with Crippen molar-refractivity contribution in [3.8, 4) is 0 Å². The van der Waals surface area contributed by atoms with Gasteiger partial charge in [0.25, 0.3) is 0 Å². The molecule has 0 saturated carbocycles. The normalized spacial score (nSPS) is 18.9.